The van der Waals surface area contributed by atoms with Gasteiger partial charge in [-0.15, -0.1) is 0 Å². The molecule has 0 unspecified atom stereocenters. The quantitative estimate of drug-likeness (QED) is 0.358. The van der Waals surface area contributed by atoms with Crippen LogP contribution in [0.1, 0.15) is 47.0 Å². The maximum atomic E-state index is 13.5. The van der Waals surface area contributed by atoms with Crippen LogP contribution in [0.4, 0.5) is 13.2 Å². The van der Waals surface area contributed by atoms with Crippen molar-refractivity contribution in [3.63, 3.8) is 0 Å². The van der Waals surface area contributed by atoms with Gasteiger partial charge in [0.05, 0.1) is 5.56 Å². The van der Waals surface area contributed by atoms with Crippen molar-refractivity contribution in [3.05, 3.63) is 87.1 Å². The van der Waals surface area contributed by atoms with Crippen molar-refractivity contribution in [1.29, 1.82) is 0 Å². The molecule has 1 aromatic heterocycles. The van der Waals surface area contributed by atoms with Gasteiger partial charge in [-0.05, 0) is 78.9 Å². The molecule has 0 fully saturated rings. The van der Waals surface area contributed by atoms with E-state index in [1.54, 1.807) is 6.07 Å². The van der Waals surface area contributed by atoms with Gasteiger partial charge in [0.2, 0.25) is 5.76 Å². The van der Waals surface area contributed by atoms with Crippen LogP contribution in [0.5, 0.6) is 0 Å². The minimum absolute atomic E-state index is 0.0646. The minimum atomic E-state index is -4.82. The van der Waals surface area contributed by atoms with Crippen LogP contribution in [0.25, 0.3) is 16.9 Å². The van der Waals surface area contributed by atoms with Crippen molar-refractivity contribution in [3.8, 4) is 11.3 Å². The molecule has 1 amide bonds. The molecule has 0 saturated carbocycles. The van der Waals surface area contributed by atoms with Crippen LogP contribution in [-0.2, 0) is 6.18 Å². The Morgan fingerprint density at radius 2 is 1.70 bits per heavy atom. The molecule has 0 aliphatic rings. The summed E-state index contributed by atoms with van der Waals surface area (Å²) in [4.78, 5) is 12.7. The Hall–Kier alpha value is -2.70. The topological polar surface area (TPSA) is 42.2 Å². The summed E-state index contributed by atoms with van der Waals surface area (Å²) < 4.78 is 45.7. The molecule has 0 bridgehead atoms. The van der Waals surface area contributed by atoms with Crippen molar-refractivity contribution in [2.75, 3.05) is 6.54 Å². The number of amides is 1. The van der Waals surface area contributed by atoms with Crippen LogP contribution in [-0.4, -0.2) is 12.5 Å². The SMILES string of the molecule is CC/C=C(/CCNC(=O)c1cc(-c2ccc(Cl)cc2)oc1C(F)(F)F)c1cc(Cl)ccc1C. The van der Waals surface area contributed by atoms with E-state index in [-0.39, 0.29) is 12.3 Å². The van der Waals surface area contributed by atoms with Crippen LogP contribution in [0, 0.1) is 6.92 Å². The van der Waals surface area contributed by atoms with Crippen LogP contribution in [0.15, 0.2) is 59.0 Å². The normalized spacial score (nSPS) is 12.2. The number of halogens is 5. The zero-order chi connectivity index (χ0) is 24.2. The van der Waals surface area contributed by atoms with Gasteiger partial charge in [0.25, 0.3) is 5.91 Å². The Labute approximate surface area is 200 Å². The van der Waals surface area contributed by atoms with Gasteiger partial charge in [-0.25, -0.2) is 0 Å². The molecule has 174 valence electrons. The fraction of sp³-hybridized carbons (Fsp3) is 0.240. The second-order valence-corrected chi connectivity index (χ2v) is 8.33. The van der Waals surface area contributed by atoms with Crippen molar-refractivity contribution < 1.29 is 22.4 Å². The smallest absolute Gasteiger partial charge is 0.450 e. The highest BCUT2D eigenvalue weighted by Gasteiger charge is 2.40. The highest BCUT2D eigenvalue weighted by molar-refractivity contribution is 6.31. The molecule has 3 nitrogen and oxygen atoms in total. The summed E-state index contributed by atoms with van der Waals surface area (Å²) in [6.07, 6.45) is -1.60. The summed E-state index contributed by atoms with van der Waals surface area (Å²) in [5.41, 5.74) is 2.75. The third-order valence-electron chi connectivity index (χ3n) is 5.04. The van der Waals surface area contributed by atoms with Gasteiger partial charge in [-0.2, -0.15) is 13.2 Å². The molecular weight excluding hydrogens is 474 g/mol. The molecule has 33 heavy (non-hydrogen) atoms. The third-order valence-corrected chi connectivity index (χ3v) is 5.53. The first-order valence-corrected chi connectivity index (χ1v) is 11.1. The number of benzene rings is 2. The van der Waals surface area contributed by atoms with E-state index in [9.17, 15) is 18.0 Å². The molecule has 0 saturated heterocycles. The summed E-state index contributed by atoms with van der Waals surface area (Å²) in [5, 5.41) is 3.61. The van der Waals surface area contributed by atoms with E-state index in [0.717, 1.165) is 29.2 Å². The molecule has 0 radical (unpaired) electrons. The average Bonchev–Trinajstić information content (AvgIpc) is 3.21. The molecule has 0 atom stereocenters. The fourth-order valence-corrected chi connectivity index (χ4v) is 3.76. The monoisotopic (exact) mass is 495 g/mol. The highest BCUT2D eigenvalue weighted by atomic mass is 35.5. The lowest BCUT2D eigenvalue weighted by atomic mass is 9.97. The molecule has 2 aromatic carbocycles. The van der Waals surface area contributed by atoms with Gasteiger partial charge < -0.3 is 9.73 Å². The second-order valence-electron chi connectivity index (χ2n) is 7.46. The predicted octanol–water partition coefficient (Wildman–Crippen LogP) is 8.19. The van der Waals surface area contributed by atoms with Gasteiger partial charge in [0.15, 0.2) is 0 Å². The number of rotatable bonds is 7. The van der Waals surface area contributed by atoms with Crippen molar-refractivity contribution in [2.45, 2.75) is 32.9 Å². The Morgan fingerprint density at radius 1 is 1.03 bits per heavy atom. The van der Waals surface area contributed by atoms with Crippen molar-refractivity contribution in [2.24, 2.45) is 0 Å². The van der Waals surface area contributed by atoms with Crippen LogP contribution in [0.3, 0.4) is 0 Å². The molecule has 3 rings (SSSR count). The predicted molar refractivity (Wildman–Crippen MR) is 126 cm³/mol. The summed E-state index contributed by atoms with van der Waals surface area (Å²) in [5.74, 6) is -2.25. The molecule has 8 heteroatoms. The molecule has 1 heterocycles. The molecule has 0 aliphatic heterocycles. The number of carbonyl (C=O) groups is 1. The Kier molecular flexibility index (Phi) is 7.92. The number of alkyl halides is 3. The molecule has 3 aromatic rings. The number of carbonyl (C=O) groups excluding carboxylic acids is 1. The molecule has 1 N–H and O–H groups in total. The van der Waals surface area contributed by atoms with E-state index >= 15 is 0 Å². The number of allylic oxidation sites excluding steroid dienone is 1. The fourth-order valence-electron chi connectivity index (χ4n) is 3.47. The maximum Gasteiger partial charge on any atom is 0.450 e. The van der Waals surface area contributed by atoms with Gasteiger partial charge in [0.1, 0.15) is 5.76 Å². The van der Waals surface area contributed by atoms with E-state index in [2.05, 4.69) is 5.32 Å². The summed E-state index contributed by atoms with van der Waals surface area (Å²) in [6.45, 7) is 4.08. The Morgan fingerprint density at radius 3 is 2.33 bits per heavy atom. The van der Waals surface area contributed by atoms with Crippen molar-refractivity contribution in [1.82, 2.24) is 5.32 Å². The van der Waals surface area contributed by atoms with E-state index in [1.807, 2.05) is 32.1 Å². The number of nitrogens with one attached hydrogen (secondary N) is 1. The first kappa shape index (κ1) is 24.9. The lowest BCUT2D eigenvalue weighted by Crippen LogP contribution is -2.26. The lowest BCUT2D eigenvalue weighted by Gasteiger charge is -2.13. The van der Waals surface area contributed by atoms with Crippen molar-refractivity contribution >= 4 is 34.7 Å². The number of hydrogen-bond acceptors (Lipinski definition) is 2. The first-order chi connectivity index (χ1) is 15.6. The van der Waals surface area contributed by atoms with E-state index in [0.29, 0.717) is 22.0 Å². The average molecular weight is 496 g/mol. The Bertz CT molecular complexity index is 1170. The Balaban J connectivity index is 1.80. The van der Waals surface area contributed by atoms with Gasteiger partial charge in [-0.3, -0.25) is 4.79 Å². The molecular formula is C25H22Cl2F3NO2. The second kappa shape index (κ2) is 10.5. The largest absolute Gasteiger partial charge is 0.451 e. The number of aryl methyl sites for hydroxylation is 1. The standard InChI is InChI=1S/C25H22Cl2F3NO2/c1-3-4-16(20-13-19(27)8-5-15(20)2)11-12-31-24(32)21-14-22(33-23(21)25(28,29)30)17-6-9-18(26)10-7-17/h4-10,13-14H,3,11-12H2,1-2H3,(H,31,32)/b16-4-. The minimum Gasteiger partial charge on any atom is -0.451 e. The lowest BCUT2D eigenvalue weighted by molar-refractivity contribution is -0.153. The van der Waals surface area contributed by atoms with Crippen LogP contribution >= 0.6 is 23.2 Å². The third kappa shape index (κ3) is 6.21. The zero-order valence-electron chi connectivity index (χ0n) is 18.0. The summed E-state index contributed by atoms with van der Waals surface area (Å²) in [6, 6.07) is 12.8. The zero-order valence-corrected chi connectivity index (χ0v) is 19.5. The highest BCUT2D eigenvalue weighted by Crippen LogP contribution is 2.37. The van der Waals surface area contributed by atoms with E-state index in [4.69, 9.17) is 27.6 Å². The summed E-state index contributed by atoms with van der Waals surface area (Å²) in [7, 11) is 0. The van der Waals surface area contributed by atoms with Gasteiger partial charge >= 0.3 is 6.18 Å². The molecule has 0 spiro atoms. The summed E-state index contributed by atoms with van der Waals surface area (Å²) >= 11 is 12.0. The molecule has 0 aliphatic carbocycles. The number of hydrogen-bond donors (Lipinski definition) is 1. The first-order valence-electron chi connectivity index (χ1n) is 10.3. The van der Waals surface area contributed by atoms with Crippen LogP contribution in [0.2, 0.25) is 10.0 Å². The van der Waals surface area contributed by atoms with Gasteiger partial charge in [0, 0.05) is 22.2 Å². The number of furan rings is 1. The van der Waals surface area contributed by atoms with Gasteiger partial charge in [-0.1, -0.05) is 42.3 Å². The maximum absolute atomic E-state index is 13.5. The van der Waals surface area contributed by atoms with E-state index in [1.165, 1.54) is 24.3 Å². The van der Waals surface area contributed by atoms with E-state index < -0.39 is 23.4 Å². The van der Waals surface area contributed by atoms with Crippen LogP contribution < -0.4 is 5.32 Å².